The van der Waals surface area contributed by atoms with Crippen LogP contribution in [0.2, 0.25) is 0 Å². The number of phenolic OH excluding ortho intramolecular Hbond substituents is 1. The van der Waals surface area contributed by atoms with Crippen molar-refractivity contribution < 1.29 is 29.4 Å². The number of aliphatic hydroxyl groups is 1. The third-order valence-corrected chi connectivity index (χ3v) is 9.03. The van der Waals surface area contributed by atoms with Gasteiger partial charge in [0.25, 0.3) is 0 Å². The lowest BCUT2D eigenvalue weighted by atomic mass is 9.96. The van der Waals surface area contributed by atoms with Crippen LogP contribution in [-0.2, 0) is 32.0 Å². The molecule has 2 aromatic rings. The minimum atomic E-state index is -0.928. The summed E-state index contributed by atoms with van der Waals surface area (Å²) in [4.78, 5) is 56.4. The molecule has 1 unspecified atom stereocenters. The van der Waals surface area contributed by atoms with Gasteiger partial charge in [0.05, 0.1) is 25.2 Å². The number of carbonyl (C=O) groups is 4. The fourth-order valence-corrected chi connectivity index (χ4v) is 6.18. The van der Waals surface area contributed by atoms with Gasteiger partial charge >= 0.3 is 0 Å². The number of amides is 4. The largest absolute Gasteiger partial charge is 0.508 e. The number of thioether (sulfide) groups is 1. The van der Waals surface area contributed by atoms with Gasteiger partial charge in [-0.1, -0.05) is 30.3 Å². The van der Waals surface area contributed by atoms with Crippen LogP contribution in [0.4, 0.5) is 0 Å². The van der Waals surface area contributed by atoms with E-state index < -0.39 is 35.8 Å². The Bertz CT molecular complexity index is 1300. The van der Waals surface area contributed by atoms with Gasteiger partial charge in [0.2, 0.25) is 23.6 Å². The molecule has 0 saturated carbocycles. The van der Waals surface area contributed by atoms with Crippen LogP contribution in [0.15, 0.2) is 42.5 Å². The molecule has 1 aliphatic heterocycles. The summed E-state index contributed by atoms with van der Waals surface area (Å²) in [5, 5.41) is 25.0. The number of likely N-dealkylation sites (tertiary alicyclic amines) is 1. The number of nitrogens with two attached hydrogens (primary N) is 1. The Morgan fingerprint density at radius 1 is 1.09 bits per heavy atom. The summed E-state index contributed by atoms with van der Waals surface area (Å²) in [5.41, 5.74) is 9.60. The van der Waals surface area contributed by atoms with Gasteiger partial charge < -0.3 is 36.4 Å². The standard InChI is InChI=1S/C33H47N5O6S/c1-21-15-25(40)16-22(2)26(21)18-27(34)31(42)36-28(12-14-45-4)32(43)35-19-30(41)37(3)29(17-23-9-6-5-7-10-23)33(44)38-13-8-11-24(38)20-39/h5-7,9-10,15-16,24,27-29,39-40H,8,11-14,17-20,34H2,1-4H3,(H,35,43)(H,36,42)/t24?,27-,28+,29-/m0/s1. The fourth-order valence-electron chi connectivity index (χ4n) is 5.71. The van der Waals surface area contributed by atoms with Gasteiger partial charge in [0.1, 0.15) is 17.8 Å². The van der Waals surface area contributed by atoms with Crippen LogP contribution in [-0.4, -0.2) is 107 Å². The Balaban J connectivity index is 1.67. The topological polar surface area (TPSA) is 165 Å². The molecule has 0 radical (unpaired) electrons. The Kier molecular flexibility index (Phi) is 13.7. The predicted molar refractivity (Wildman–Crippen MR) is 176 cm³/mol. The van der Waals surface area contributed by atoms with Crippen molar-refractivity contribution in [2.24, 2.45) is 5.73 Å². The van der Waals surface area contributed by atoms with Crippen molar-refractivity contribution in [1.82, 2.24) is 20.4 Å². The SMILES string of the molecule is CSCC[C@@H](NC(=O)[C@@H](N)Cc1c(C)cc(O)cc1C)C(=O)NCC(=O)N(C)[C@@H](Cc1ccccc1)C(=O)N1CCCC1CO. The summed E-state index contributed by atoms with van der Waals surface area (Å²) in [7, 11) is 1.54. The van der Waals surface area contributed by atoms with Crippen LogP contribution in [0.25, 0.3) is 0 Å². The highest BCUT2D eigenvalue weighted by Gasteiger charge is 2.36. The van der Waals surface area contributed by atoms with Gasteiger partial charge in [-0.15, -0.1) is 0 Å². The van der Waals surface area contributed by atoms with E-state index in [2.05, 4.69) is 10.6 Å². The van der Waals surface area contributed by atoms with Crippen LogP contribution in [0.1, 0.15) is 41.5 Å². The lowest BCUT2D eigenvalue weighted by molar-refractivity contribution is -0.145. The summed E-state index contributed by atoms with van der Waals surface area (Å²) in [6, 6.07) is 9.68. The second kappa shape index (κ2) is 17.2. The average Bonchev–Trinajstić information content (AvgIpc) is 3.51. The number of nitrogens with one attached hydrogen (secondary N) is 2. The molecule has 45 heavy (non-hydrogen) atoms. The lowest BCUT2D eigenvalue weighted by Crippen LogP contribution is -2.56. The third-order valence-electron chi connectivity index (χ3n) is 8.39. The lowest BCUT2D eigenvalue weighted by Gasteiger charge is -2.33. The molecule has 1 heterocycles. The Morgan fingerprint density at radius 3 is 2.38 bits per heavy atom. The predicted octanol–water partition coefficient (Wildman–Crippen LogP) is 1.29. The first-order chi connectivity index (χ1) is 21.5. The Hall–Kier alpha value is -3.61. The van der Waals surface area contributed by atoms with E-state index in [0.29, 0.717) is 25.1 Å². The van der Waals surface area contributed by atoms with Gasteiger partial charge in [0, 0.05) is 20.0 Å². The monoisotopic (exact) mass is 641 g/mol. The molecule has 0 spiro atoms. The van der Waals surface area contributed by atoms with Crippen LogP contribution in [0, 0.1) is 13.8 Å². The molecule has 4 amide bonds. The minimum absolute atomic E-state index is 0.140. The summed E-state index contributed by atoms with van der Waals surface area (Å²) in [6.45, 7) is 3.69. The highest BCUT2D eigenvalue weighted by molar-refractivity contribution is 7.98. The second-order valence-electron chi connectivity index (χ2n) is 11.6. The molecular weight excluding hydrogens is 594 g/mol. The molecule has 1 aliphatic rings. The van der Waals surface area contributed by atoms with E-state index in [9.17, 15) is 29.4 Å². The zero-order valence-electron chi connectivity index (χ0n) is 26.6. The maximum Gasteiger partial charge on any atom is 0.246 e. The van der Waals surface area contributed by atoms with Gasteiger partial charge in [-0.25, -0.2) is 0 Å². The second-order valence-corrected chi connectivity index (χ2v) is 12.6. The molecule has 0 bridgehead atoms. The summed E-state index contributed by atoms with van der Waals surface area (Å²) < 4.78 is 0. The number of nitrogens with zero attached hydrogens (tertiary/aromatic N) is 2. The van der Waals surface area contributed by atoms with E-state index >= 15 is 0 Å². The van der Waals surface area contributed by atoms with Crippen molar-refractivity contribution in [3.05, 3.63) is 64.7 Å². The van der Waals surface area contributed by atoms with Gasteiger partial charge in [-0.05, 0) is 85.9 Å². The van der Waals surface area contributed by atoms with E-state index in [-0.39, 0.29) is 43.7 Å². The Morgan fingerprint density at radius 2 is 1.76 bits per heavy atom. The number of likely N-dealkylation sites (N-methyl/N-ethyl adjacent to an activating group) is 1. The molecule has 0 aliphatic carbocycles. The molecule has 0 aromatic heterocycles. The maximum absolute atomic E-state index is 13.7. The first-order valence-corrected chi connectivity index (χ1v) is 16.7. The smallest absolute Gasteiger partial charge is 0.246 e. The van der Waals surface area contributed by atoms with E-state index in [4.69, 9.17) is 5.73 Å². The molecule has 1 saturated heterocycles. The Labute approximate surface area is 269 Å². The number of aryl methyl sites for hydroxylation is 2. The molecule has 12 heteroatoms. The number of carbonyl (C=O) groups excluding carboxylic acids is 4. The van der Waals surface area contributed by atoms with E-state index in [1.165, 1.54) is 16.7 Å². The molecule has 4 atom stereocenters. The molecule has 3 rings (SSSR count). The van der Waals surface area contributed by atoms with E-state index in [0.717, 1.165) is 28.7 Å². The van der Waals surface area contributed by atoms with Crippen LogP contribution >= 0.6 is 11.8 Å². The maximum atomic E-state index is 13.7. The molecular formula is C33H47N5O6S. The number of rotatable bonds is 15. The first-order valence-electron chi connectivity index (χ1n) is 15.3. The molecule has 6 N–H and O–H groups in total. The number of benzene rings is 2. The van der Waals surface area contributed by atoms with Crippen molar-refractivity contribution in [2.45, 2.75) is 70.1 Å². The summed E-state index contributed by atoms with van der Waals surface area (Å²) in [5.74, 6) is -0.981. The average molecular weight is 642 g/mol. The van der Waals surface area contributed by atoms with E-state index in [1.54, 1.807) is 24.1 Å². The van der Waals surface area contributed by atoms with Crippen LogP contribution in [0.5, 0.6) is 5.75 Å². The third kappa shape index (κ3) is 9.94. The highest BCUT2D eigenvalue weighted by Crippen LogP contribution is 2.23. The van der Waals surface area contributed by atoms with Gasteiger partial charge in [0.15, 0.2) is 0 Å². The zero-order chi connectivity index (χ0) is 33.1. The zero-order valence-corrected chi connectivity index (χ0v) is 27.4. The minimum Gasteiger partial charge on any atom is -0.508 e. The number of hydrogen-bond acceptors (Lipinski definition) is 8. The van der Waals surface area contributed by atoms with Gasteiger partial charge in [-0.3, -0.25) is 19.2 Å². The molecule has 11 nitrogen and oxygen atoms in total. The molecule has 246 valence electrons. The number of phenols is 1. The van der Waals surface area contributed by atoms with Crippen molar-refractivity contribution in [2.75, 3.05) is 38.8 Å². The molecule has 1 fully saturated rings. The summed E-state index contributed by atoms with van der Waals surface area (Å²) in [6.07, 6.45) is 4.23. The summed E-state index contributed by atoms with van der Waals surface area (Å²) >= 11 is 1.52. The number of hydrogen-bond donors (Lipinski definition) is 5. The van der Waals surface area contributed by atoms with Gasteiger partial charge in [-0.2, -0.15) is 11.8 Å². The highest BCUT2D eigenvalue weighted by atomic mass is 32.2. The van der Waals surface area contributed by atoms with Crippen molar-refractivity contribution in [3.8, 4) is 5.75 Å². The number of aliphatic hydroxyl groups excluding tert-OH is 1. The van der Waals surface area contributed by atoms with Crippen molar-refractivity contribution in [1.29, 1.82) is 0 Å². The van der Waals surface area contributed by atoms with Crippen LogP contribution < -0.4 is 16.4 Å². The number of aromatic hydroxyl groups is 1. The first kappa shape index (κ1) is 35.9. The van der Waals surface area contributed by atoms with E-state index in [1.807, 2.05) is 50.4 Å². The van der Waals surface area contributed by atoms with Crippen molar-refractivity contribution >= 4 is 35.4 Å². The molecule has 2 aromatic carbocycles. The normalized spacial score (nSPS) is 16.5. The van der Waals surface area contributed by atoms with Crippen molar-refractivity contribution in [3.63, 3.8) is 0 Å². The quantitative estimate of drug-likeness (QED) is 0.194. The fraction of sp³-hybridized carbons (Fsp3) is 0.515. The van der Waals surface area contributed by atoms with Crippen LogP contribution in [0.3, 0.4) is 0 Å².